The van der Waals surface area contributed by atoms with Gasteiger partial charge in [-0.05, 0) is 23.7 Å². The Kier molecular flexibility index (Phi) is 4.63. The third-order valence-electron chi connectivity index (χ3n) is 3.07. The minimum absolute atomic E-state index is 0.0712. The number of carbonyl (C=O) groups is 1. The van der Waals surface area contributed by atoms with E-state index in [9.17, 15) is 4.79 Å². The summed E-state index contributed by atoms with van der Waals surface area (Å²) in [7, 11) is 0. The molecule has 2 heteroatoms. The third kappa shape index (κ3) is 6.01. The molecule has 0 radical (unpaired) electrons. The molecule has 0 unspecified atom stereocenters. The molecule has 0 spiro atoms. The Balaban J connectivity index is 4.04. The smallest absolute Gasteiger partial charge is 0.303 e. The second-order valence-electron chi connectivity index (χ2n) is 5.75. The topological polar surface area (TPSA) is 37.3 Å². The molecule has 2 nitrogen and oxygen atoms in total. The van der Waals surface area contributed by atoms with Gasteiger partial charge in [-0.1, -0.05) is 41.0 Å². The molecule has 84 valence electrons. The van der Waals surface area contributed by atoms with Gasteiger partial charge >= 0.3 is 5.97 Å². The number of hydrogen-bond donors (Lipinski definition) is 1. The summed E-state index contributed by atoms with van der Waals surface area (Å²) in [5.41, 5.74) is 0.272. The van der Waals surface area contributed by atoms with Crippen molar-refractivity contribution in [2.45, 2.75) is 60.3 Å². The molecule has 0 aromatic carbocycles. The number of aliphatic carboxylic acids is 1. The van der Waals surface area contributed by atoms with Crippen LogP contribution in [0.1, 0.15) is 60.3 Å². The van der Waals surface area contributed by atoms with Gasteiger partial charge in [-0.3, -0.25) is 4.79 Å². The minimum Gasteiger partial charge on any atom is -0.481 e. The zero-order chi connectivity index (χ0) is 11.4. The standard InChI is InChI=1S/C12H24O2/c1-6-11(2,3)7-8-12(4,5)9-10(13)14/h6-9H2,1-5H3,(H,13,14). The first-order chi connectivity index (χ1) is 6.18. The van der Waals surface area contributed by atoms with E-state index in [4.69, 9.17) is 5.11 Å². The molecule has 0 saturated carbocycles. The average Bonchev–Trinajstić information content (AvgIpc) is 1.99. The van der Waals surface area contributed by atoms with Gasteiger partial charge in [0.15, 0.2) is 0 Å². The molecule has 0 amide bonds. The lowest BCUT2D eigenvalue weighted by atomic mass is 9.76. The van der Waals surface area contributed by atoms with Gasteiger partial charge in [-0.2, -0.15) is 0 Å². The lowest BCUT2D eigenvalue weighted by Gasteiger charge is -2.29. The van der Waals surface area contributed by atoms with Crippen LogP contribution < -0.4 is 0 Å². The van der Waals surface area contributed by atoms with Gasteiger partial charge in [0.2, 0.25) is 0 Å². The number of carboxylic acid groups (broad SMARTS) is 1. The molecule has 0 rings (SSSR count). The van der Waals surface area contributed by atoms with E-state index < -0.39 is 5.97 Å². The molecule has 0 heterocycles. The number of carboxylic acids is 1. The molecule has 14 heavy (non-hydrogen) atoms. The second-order valence-corrected chi connectivity index (χ2v) is 5.75. The van der Waals surface area contributed by atoms with Crippen molar-refractivity contribution in [3.05, 3.63) is 0 Å². The third-order valence-corrected chi connectivity index (χ3v) is 3.07. The summed E-state index contributed by atoms with van der Waals surface area (Å²) in [5.74, 6) is -0.690. The molecule has 0 bridgehead atoms. The summed E-state index contributed by atoms with van der Waals surface area (Å²) >= 11 is 0. The predicted octanol–water partition coefficient (Wildman–Crippen LogP) is 3.70. The highest BCUT2D eigenvalue weighted by Gasteiger charge is 2.25. The van der Waals surface area contributed by atoms with E-state index in [0.29, 0.717) is 5.41 Å². The Morgan fingerprint density at radius 1 is 1.07 bits per heavy atom. The molecule has 0 atom stereocenters. The van der Waals surface area contributed by atoms with Crippen molar-refractivity contribution in [3.8, 4) is 0 Å². The van der Waals surface area contributed by atoms with Crippen LogP contribution in [0.15, 0.2) is 0 Å². The van der Waals surface area contributed by atoms with Gasteiger partial charge < -0.3 is 5.11 Å². The largest absolute Gasteiger partial charge is 0.481 e. The molecule has 0 aliphatic heterocycles. The van der Waals surface area contributed by atoms with Gasteiger partial charge in [0, 0.05) is 0 Å². The van der Waals surface area contributed by atoms with Gasteiger partial charge in [-0.15, -0.1) is 0 Å². The van der Waals surface area contributed by atoms with E-state index in [0.717, 1.165) is 19.3 Å². The monoisotopic (exact) mass is 200 g/mol. The van der Waals surface area contributed by atoms with Crippen LogP contribution in [0.4, 0.5) is 0 Å². The second kappa shape index (κ2) is 4.81. The Bertz CT molecular complexity index is 192. The summed E-state index contributed by atoms with van der Waals surface area (Å²) in [6.45, 7) is 10.7. The zero-order valence-electron chi connectivity index (χ0n) is 10.2. The number of hydrogen-bond acceptors (Lipinski definition) is 1. The van der Waals surface area contributed by atoms with E-state index >= 15 is 0 Å². The van der Waals surface area contributed by atoms with Crippen molar-refractivity contribution in [2.75, 3.05) is 0 Å². The van der Waals surface area contributed by atoms with Gasteiger partial charge in [0.25, 0.3) is 0 Å². The molecule has 0 aromatic heterocycles. The maximum Gasteiger partial charge on any atom is 0.303 e. The summed E-state index contributed by atoms with van der Waals surface area (Å²) in [6.07, 6.45) is 3.51. The Hall–Kier alpha value is -0.530. The Labute approximate surface area is 87.7 Å². The predicted molar refractivity (Wildman–Crippen MR) is 59.3 cm³/mol. The minimum atomic E-state index is -0.690. The molecule has 0 aromatic rings. The molecule has 1 N–H and O–H groups in total. The molecular weight excluding hydrogens is 176 g/mol. The lowest BCUT2D eigenvalue weighted by molar-refractivity contribution is -0.139. The maximum absolute atomic E-state index is 10.6. The molecular formula is C12H24O2. The van der Waals surface area contributed by atoms with Gasteiger partial charge in [-0.25, -0.2) is 0 Å². The average molecular weight is 200 g/mol. The van der Waals surface area contributed by atoms with Crippen molar-refractivity contribution in [3.63, 3.8) is 0 Å². The molecule has 0 aliphatic rings. The first-order valence-electron chi connectivity index (χ1n) is 5.40. The quantitative estimate of drug-likeness (QED) is 0.709. The first kappa shape index (κ1) is 13.5. The van der Waals surface area contributed by atoms with E-state index in [1.54, 1.807) is 0 Å². The van der Waals surface area contributed by atoms with E-state index in [1.165, 1.54) is 0 Å². The van der Waals surface area contributed by atoms with Crippen LogP contribution in [0.25, 0.3) is 0 Å². The van der Waals surface area contributed by atoms with E-state index in [-0.39, 0.29) is 11.8 Å². The van der Waals surface area contributed by atoms with Gasteiger partial charge in [0.05, 0.1) is 6.42 Å². The molecule has 0 fully saturated rings. The number of rotatable bonds is 6. The highest BCUT2D eigenvalue weighted by molar-refractivity contribution is 5.67. The van der Waals surface area contributed by atoms with Crippen LogP contribution in [-0.4, -0.2) is 11.1 Å². The van der Waals surface area contributed by atoms with Gasteiger partial charge in [0.1, 0.15) is 0 Å². The van der Waals surface area contributed by atoms with Crippen LogP contribution in [0.5, 0.6) is 0 Å². The van der Waals surface area contributed by atoms with Crippen molar-refractivity contribution >= 4 is 5.97 Å². The Morgan fingerprint density at radius 3 is 1.86 bits per heavy atom. The van der Waals surface area contributed by atoms with Crippen LogP contribution in [0, 0.1) is 10.8 Å². The summed E-state index contributed by atoms with van der Waals surface area (Å²) in [6, 6.07) is 0. The summed E-state index contributed by atoms with van der Waals surface area (Å²) in [4.78, 5) is 10.6. The zero-order valence-corrected chi connectivity index (χ0v) is 10.2. The highest BCUT2D eigenvalue weighted by Crippen LogP contribution is 2.34. The fraction of sp³-hybridized carbons (Fsp3) is 0.917. The first-order valence-corrected chi connectivity index (χ1v) is 5.40. The van der Waals surface area contributed by atoms with E-state index in [1.807, 2.05) is 13.8 Å². The SMILES string of the molecule is CCC(C)(C)CCC(C)(C)CC(=O)O. The van der Waals surface area contributed by atoms with Crippen molar-refractivity contribution < 1.29 is 9.90 Å². The molecule has 0 saturated heterocycles. The summed E-state index contributed by atoms with van der Waals surface area (Å²) in [5, 5.41) is 8.74. The summed E-state index contributed by atoms with van der Waals surface area (Å²) < 4.78 is 0. The van der Waals surface area contributed by atoms with Crippen LogP contribution >= 0.6 is 0 Å². The normalized spacial score (nSPS) is 12.9. The van der Waals surface area contributed by atoms with Crippen LogP contribution in [0.3, 0.4) is 0 Å². The van der Waals surface area contributed by atoms with Crippen molar-refractivity contribution in [1.29, 1.82) is 0 Å². The fourth-order valence-electron chi connectivity index (χ4n) is 1.35. The van der Waals surface area contributed by atoms with Crippen molar-refractivity contribution in [2.24, 2.45) is 10.8 Å². The lowest BCUT2D eigenvalue weighted by Crippen LogP contribution is -2.20. The fourth-order valence-corrected chi connectivity index (χ4v) is 1.35. The molecule has 0 aliphatic carbocycles. The van der Waals surface area contributed by atoms with Crippen molar-refractivity contribution in [1.82, 2.24) is 0 Å². The van der Waals surface area contributed by atoms with Crippen LogP contribution in [0.2, 0.25) is 0 Å². The van der Waals surface area contributed by atoms with Crippen LogP contribution in [-0.2, 0) is 4.79 Å². The Morgan fingerprint density at radius 2 is 1.50 bits per heavy atom. The van der Waals surface area contributed by atoms with E-state index in [2.05, 4.69) is 20.8 Å². The highest BCUT2D eigenvalue weighted by atomic mass is 16.4. The maximum atomic E-state index is 10.6.